The van der Waals surface area contributed by atoms with Gasteiger partial charge >= 0.3 is 12.1 Å². The average Bonchev–Trinajstić information content (AvgIpc) is 2.20. The molecule has 6 heteroatoms. The van der Waals surface area contributed by atoms with Crippen LogP contribution in [0.2, 0.25) is 0 Å². The van der Waals surface area contributed by atoms with Crippen molar-refractivity contribution in [1.29, 1.82) is 0 Å². The predicted molar refractivity (Wildman–Crippen MR) is 86.1 cm³/mol. The van der Waals surface area contributed by atoms with Gasteiger partial charge in [0.05, 0.1) is 7.11 Å². The highest BCUT2D eigenvalue weighted by Crippen LogP contribution is 2.47. The number of esters is 1. The van der Waals surface area contributed by atoms with Crippen molar-refractivity contribution in [2.24, 2.45) is 0 Å². The molecule has 1 amide bonds. The number of halogens is 1. The molecule has 0 radical (unpaired) electrons. The summed E-state index contributed by atoms with van der Waals surface area (Å²) in [6, 6.07) is 0. The van der Waals surface area contributed by atoms with E-state index in [1.165, 1.54) is 7.11 Å². The molecule has 1 rings (SSSR count). The van der Waals surface area contributed by atoms with Crippen LogP contribution >= 0.6 is 11.6 Å². The Morgan fingerprint density at radius 1 is 1.05 bits per heavy atom. The molecule has 1 saturated heterocycles. The lowest BCUT2D eigenvalue weighted by Crippen LogP contribution is -2.68. The molecule has 0 atom stereocenters. The van der Waals surface area contributed by atoms with Crippen LogP contribution in [-0.2, 0) is 14.3 Å². The lowest BCUT2D eigenvalue weighted by atomic mass is 9.73. The van der Waals surface area contributed by atoms with Crippen LogP contribution in [-0.4, -0.2) is 45.6 Å². The fourth-order valence-corrected chi connectivity index (χ4v) is 4.27. The Bertz CT molecular complexity index is 447. The molecular weight excluding hydrogens is 306 g/mol. The average molecular weight is 334 g/mol. The molecule has 1 aliphatic heterocycles. The summed E-state index contributed by atoms with van der Waals surface area (Å²) in [5, 5.41) is 0. The van der Waals surface area contributed by atoms with Crippen LogP contribution in [0.1, 0.15) is 61.3 Å². The number of nitrogens with zero attached hydrogens (tertiary/aromatic N) is 1. The van der Waals surface area contributed by atoms with Crippen LogP contribution in [0.3, 0.4) is 0 Å². The van der Waals surface area contributed by atoms with Gasteiger partial charge in [-0.25, -0.2) is 4.79 Å². The third-order valence-electron chi connectivity index (χ3n) is 3.76. The van der Waals surface area contributed by atoms with Gasteiger partial charge in [0, 0.05) is 23.9 Å². The van der Waals surface area contributed by atoms with E-state index in [1.54, 1.807) is 4.90 Å². The molecule has 128 valence electrons. The summed E-state index contributed by atoms with van der Waals surface area (Å²) >= 11 is 6.54. The highest BCUT2D eigenvalue weighted by Gasteiger charge is 2.57. The minimum absolute atomic E-state index is 0.302. The van der Waals surface area contributed by atoms with Crippen LogP contribution in [0.15, 0.2) is 0 Å². The Morgan fingerprint density at radius 3 is 1.77 bits per heavy atom. The predicted octanol–water partition coefficient (Wildman–Crippen LogP) is 3.73. The first-order chi connectivity index (χ1) is 9.65. The Hall–Kier alpha value is -0.970. The van der Waals surface area contributed by atoms with Crippen LogP contribution in [0.5, 0.6) is 0 Å². The highest BCUT2D eigenvalue weighted by atomic mass is 35.5. The number of alkyl halides is 1. The number of amides is 1. The maximum atomic E-state index is 12.6. The Morgan fingerprint density at radius 2 is 1.45 bits per heavy atom. The summed E-state index contributed by atoms with van der Waals surface area (Å²) in [5.74, 6) is -0.459. The number of hydrogen-bond donors (Lipinski definition) is 0. The Balaban J connectivity index is 3.18. The van der Waals surface area contributed by atoms with Crippen molar-refractivity contribution in [3.63, 3.8) is 0 Å². The summed E-state index contributed by atoms with van der Waals surface area (Å²) in [5.41, 5.74) is -1.86. The highest BCUT2D eigenvalue weighted by molar-refractivity contribution is 6.34. The summed E-state index contributed by atoms with van der Waals surface area (Å²) in [7, 11) is 1.33. The lowest BCUT2D eigenvalue weighted by molar-refractivity contribution is -0.150. The Labute approximate surface area is 138 Å². The molecule has 1 fully saturated rings. The first-order valence-corrected chi connectivity index (χ1v) is 7.83. The molecule has 0 unspecified atom stereocenters. The topological polar surface area (TPSA) is 55.8 Å². The normalized spacial score (nSPS) is 22.9. The van der Waals surface area contributed by atoms with Crippen molar-refractivity contribution in [2.45, 2.75) is 82.9 Å². The van der Waals surface area contributed by atoms with E-state index in [-0.39, 0.29) is 0 Å². The molecule has 0 spiro atoms. The minimum atomic E-state index is -1.14. The van der Waals surface area contributed by atoms with Gasteiger partial charge in [0.15, 0.2) is 0 Å². The molecule has 0 aromatic rings. The maximum Gasteiger partial charge on any atom is 0.411 e. The van der Waals surface area contributed by atoms with E-state index >= 15 is 0 Å². The third kappa shape index (κ3) is 3.86. The van der Waals surface area contributed by atoms with E-state index in [0.29, 0.717) is 12.8 Å². The van der Waals surface area contributed by atoms with E-state index < -0.39 is 33.6 Å². The van der Waals surface area contributed by atoms with Crippen LogP contribution < -0.4 is 0 Å². The van der Waals surface area contributed by atoms with Crippen molar-refractivity contribution in [1.82, 2.24) is 4.90 Å². The number of carbonyl (C=O) groups excluding carboxylic acids is 2. The van der Waals surface area contributed by atoms with Crippen LogP contribution in [0.4, 0.5) is 4.79 Å². The van der Waals surface area contributed by atoms with Gasteiger partial charge in [-0.15, -0.1) is 11.6 Å². The molecule has 1 heterocycles. The number of rotatable bonds is 1. The van der Waals surface area contributed by atoms with Crippen molar-refractivity contribution in [3.05, 3.63) is 0 Å². The molecule has 0 aromatic carbocycles. The second kappa shape index (κ2) is 5.59. The smallest absolute Gasteiger partial charge is 0.411 e. The van der Waals surface area contributed by atoms with Gasteiger partial charge in [0.1, 0.15) is 10.5 Å². The SMILES string of the molecule is COC(=O)C1(Cl)CC(C)(C)N(C(=O)OC(C)(C)C)C(C)(C)C1. The molecular formula is C16H28ClNO4. The van der Waals surface area contributed by atoms with Crippen molar-refractivity contribution in [2.75, 3.05) is 7.11 Å². The van der Waals surface area contributed by atoms with E-state index in [0.717, 1.165) is 0 Å². The fourth-order valence-electron chi connectivity index (χ4n) is 3.54. The van der Waals surface area contributed by atoms with Crippen LogP contribution in [0, 0.1) is 0 Å². The largest absolute Gasteiger partial charge is 0.468 e. The minimum Gasteiger partial charge on any atom is -0.468 e. The van der Waals surface area contributed by atoms with Gasteiger partial charge in [-0.05, 0) is 48.5 Å². The number of piperidine rings is 1. The molecule has 0 bridgehead atoms. The lowest BCUT2D eigenvalue weighted by Gasteiger charge is -2.56. The molecule has 22 heavy (non-hydrogen) atoms. The van der Waals surface area contributed by atoms with E-state index in [9.17, 15) is 9.59 Å². The van der Waals surface area contributed by atoms with Crippen LogP contribution in [0.25, 0.3) is 0 Å². The van der Waals surface area contributed by atoms with E-state index in [4.69, 9.17) is 21.1 Å². The van der Waals surface area contributed by atoms with Gasteiger partial charge in [-0.2, -0.15) is 0 Å². The number of hydrogen-bond acceptors (Lipinski definition) is 4. The molecule has 0 saturated carbocycles. The van der Waals surface area contributed by atoms with Gasteiger partial charge in [0.2, 0.25) is 0 Å². The van der Waals surface area contributed by atoms with Gasteiger partial charge in [-0.1, -0.05) is 0 Å². The van der Waals surface area contributed by atoms with E-state index in [1.807, 2.05) is 48.5 Å². The van der Waals surface area contributed by atoms with Gasteiger partial charge in [0.25, 0.3) is 0 Å². The molecule has 0 aromatic heterocycles. The second-order valence-electron chi connectivity index (χ2n) is 8.25. The quantitative estimate of drug-likeness (QED) is 0.542. The number of likely N-dealkylation sites (tertiary alicyclic amines) is 1. The zero-order chi connectivity index (χ0) is 17.6. The second-order valence-corrected chi connectivity index (χ2v) is 8.97. The zero-order valence-corrected chi connectivity index (χ0v) is 15.6. The Kier molecular flexibility index (Phi) is 4.85. The van der Waals surface area contributed by atoms with Crippen molar-refractivity contribution < 1.29 is 19.1 Å². The van der Waals surface area contributed by atoms with Gasteiger partial charge in [-0.3, -0.25) is 9.69 Å². The monoisotopic (exact) mass is 333 g/mol. The van der Waals surface area contributed by atoms with Crippen molar-refractivity contribution >= 4 is 23.7 Å². The van der Waals surface area contributed by atoms with Gasteiger partial charge < -0.3 is 9.47 Å². The first kappa shape index (κ1) is 19.1. The number of carbonyl (C=O) groups is 2. The molecule has 0 N–H and O–H groups in total. The summed E-state index contributed by atoms with van der Waals surface area (Å²) < 4.78 is 10.4. The fraction of sp³-hybridized carbons (Fsp3) is 0.875. The third-order valence-corrected chi connectivity index (χ3v) is 4.19. The summed E-state index contributed by atoms with van der Waals surface area (Å²) in [4.78, 5) is 25.3. The van der Waals surface area contributed by atoms with E-state index in [2.05, 4.69) is 0 Å². The van der Waals surface area contributed by atoms with Crippen molar-refractivity contribution in [3.8, 4) is 0 Å². The molecule has 0 aliphatic carbocycles. The number of ether oxygens (including phenoxy) is 2. The number of methoxy groups -OCH3 is 1. The standard InChI is InChI=1S/C16H28ClNO4/c1-13(2,3)22-12(20)18-14(4,5)9-16(17,11(19)21-8)10-15(18,6)7/h9-10H2,1-8H3. The summed E-state index contributed by atoms with van der Waals surface area (Å²) in [6.45, 7) is 13.0. The molecule has 1 aliphatic rings. The molecule has 5 nitrogen and oxygen atoms in total. The zero-order valence-electron chi connectivity index (χ0n) is 14.9. The maximum absolute atomic E-state index is 12.6. The first-order valence-electron chi connectivity index (χ1n) is 7.45. The summed E-state index contributed by atoms with van der Waals surface area (Å²) in [6.07, 6.45) is 0.208.